The Morgan fingerprint density at radius 3 is 1.97 bits per heavy atom. The van der Waals surface area contributed by atoms with E-state index in [0.29, 0.717) is 48.3 Å². The van der Waals surface area contributed by atoms with Crippen molar-refractivity contribution in [2.75, 3.05) is 31.7 Å². The molecule has 2 saturated carbocycles. The van der Waals surface area contributed by atoms with Crippen molar-refractivity contribution in [1.82, 2.24) is 15.3 Å². The normalized spacial score (nSPS) is 15.7. The maximum Gasteiger partial charge on any atom is 0.328 e. The maximum atomic E-state index is 13.8. The van der Waals surface area contributed by atoms with Gasteiger partial charge in [-0.25, -0.2) is 4.79 Å². The summed E-state index contributed by atoms with van der Waals surface area (Å²) in [6.45, 7) is 10.8. The molecule has 0 aliphatic heterocycles. The van der Waals surface area contributed by atoms with Gasteiger partial charge in [0.1, 0.15) is 16.9 Å². The monoisotopic (exact) mass is 818 g/mol. The average molecular weight is 819 g/mol. The van der Waals surface area contributed by atoms with Crippen LogP contribution in [0.1, 0.15) is 132 Å². The van der Waals surface area contributed by atoms with Gasteiger partial charge in [-0.05, 0) is 160 Å². The first kappa shape index (κ1) is 44.3. The molecule has 12 nitrogen and oxygen atoms in total. The molecule has 60 heavy (non-hydrogen) atoms. The number of nitrogens with one attached hydrogen (secondary N) is 2. The number of pyridine rings is 2. The van der Waals surface area contributed by atoms with Gasteiger partial charge < -0.3 is 25.0 Å². The van der Waals surface area contributed by atoms with Gasteiger partial charge in [0.25, 0.3) is 5.91 Å². The number of aliphatic hydroxyl groups excluding tert-OH is 2. The van der Waals surface area contributed by atoms with Gasteiger partial charge in [-0.15, -0.1) is 0 Å². The lowest BCUT2D eigenvalue weighted by Crippen LogP contribution is -2.53. The highest BCUT2D eigenvalue weighted by Gasteiger charge is 2.36. The van der Waals surface area contributed by atoms with Gasteiger partial charge in [0.05, 0.1) is 31.8 Å². The number of rotatable bonds is 20. The molecule has 0 bridgehead atoms. The third kappa shape index (κ3) is 10.00. The predicted octanol–water partition coefficient (Wildman–Crippen LogP) is 7.09. The molecule has 0 saturated heterocycles. The summed E-state index contributed by atoms with van der Waals surface area (Å²) in [4.78, 5) is 61.7. The number of hydrogen-bond donors (Lipinski definition) is 4. The molecule has 4 N–H and O–H groups in total. The molecule has 318 valence electrons. The SMILES string of the molecule is CCOC(=O)[C@](C)(CO)CCc1cnc(C(=O)Nc2cccc(-c3cccc(CC(=O)c4cc(C5CC5)c(CN[C@@](C)(CO)C(=O)OCC)cn4)c3C)c2C)cc1C1CC1. The summed E-state index contributed by atoms with van der Waals surface area (Å²) in [7, 11) is 0. The highest BCUT2D eigenvalue weighted by atomic mass is 16.5. The number of benzene rings is 2. The van der Waals surface area contributed by atoms with Crippen LogP contribution in [0.25, 0.3) is 11.1 Å². The number of ether oxygens (including phenoxy) is 2. The zero-order valence-corrected chi connectivity index (χ0v) is 35.7. The first-order chi connectivity index (χ1) is 28.7. The molecule has 2 fully saturated rings. The molecule has 0 radical (unpaired) electrons. The zero-order valence-electron chi connectivity index (χ0n) is 35.7. The molecular weight excluding hydrogens is 761 g/mol. The van der Waals surface area contributed by atoms with Gasteiger partial charge in [0.15, 0.2) is 5.78 Å². The second kappa shape index (κ2) is 19.0. The van der Waals surface area contributed by atoms with Gasteiger partial charge in [0.2, 0.25) is 0 Å². The minimum atomic E-state index is -1.26. The third-order valence-electron chi connectivity index (χ3n) is 12.0. The van der Waals surface area contributed by atoms with Crippen molar-refractivity contribution in [3.63, 3.8) is 0 Å². The topological polar surface area (TPSA) is 177 Å². The summed E-state index contributed by atoms with van der Waals surface area (Å²) < 4.78 is 10.4. The molecule has 2 aliphatic carbocycles. The number of anilines is 1. The Labute approximate surface area is 352 Å². The van der Waals surface area contributed by atoms with E-state index in [4.69, 9.17) is 9.47 Å². The van der Waals surface area contributed by atoms with Crippen molar-refractivity contribution in [2.45, 2.75) is 110 Å². The van der Waals surface area contributed by atoms with Crippen LogP contribution in [-0.4, -0.2) is 75.8 Å². The largest absolute Gasteiger partial charge is 0.466 e. The fourth-order valence-corrected chi connectivity index (χ4v) is 7.59. The van der Waals surface area contributed by atoms with Crippen LogP contribution in [0.5, 0.6) is 0 Å². The van der Waals surface area contributed by atoms with Crippen LogP contribution in [0.15, 0.2) is 60.9 Å². The molecule has 6 rings (SSSR count). The average Bonchev–Trinajstić information content (AvgIpc) is 4.19. The molecule has 0 unspecified atom stereocenters. The summed E-state index contributed by atoms with van der Waals surface area (Å²) in [5.41, 5.74) is 7.56. The molecule has 2 aromatic heterocycles. The van der Waals surface area contributed by atoms with Crippen LogP contribution in [0.3, 0.4) is 0 Å². The lowest BCUT2D eigenvalue weighted by Gasteiger charge is -2.26. The van der Waals surface area contributed by atoms with Crippen molar-refractivity contribution < 1.29 is 38.9 Å². The van der Waals surface area contributed by atoms with E-state index in [0.717, 1.165) is 75.8 Å². The van der Waals surface area contributed by atoms with Gasteiger partial charge >= 0.3 is 11.9 Å². The van der Waals surface area contributed by atoms with E-state index in [2.05, 4.69) is 20.6 Å². The van der Waals surface area contributed by atoms with E-state index in [9.17, 15) is 29.4 Å². The molecule has 4 aromatic rings. The summed E-state index contributed by atoms with van der Waals surface area (Å²) in [5.74, 6) is -0.739. The Morgan fingerprint density at radius 1 is 0.750 bits per heavy atom. The molecule has 2 aromatic carbocycles. The summed E-state index contributed by atoms with van der Waals surface area (Å²) in [5, 5.41) is 26.2. The predicted molar refractivity (Wildman–Crippen MR) is 229 cm³/mol. The smallest absolute Gasteiger partial charge is 0.328 e. The Kier molecular flexibility index (Phi) is 14.0. The fourth-order valence-electron chi connectivity index (χ4n) is 7.59. The molecule has 2 aliphatic rings. The summed E-state index contributed by atoms with van der Waals surface area (Å²) >= 11 is 0. The fraction of sp³-hybridized carbons (Fsp3) is 0.458. The summed E-state index contributed by atoms with van der Waals surface area (Å²) in [6, 6.07) is 15.4. The number of Topliss-reactive ketones (excluding diaryl/α,β-unsaturated/α-hetero) is 1. The number of nitrogens with zero attached hydrogens (tertiary/aromatic N) is 2. The van der Waals surface area contributed by atoms with Crippen LogP contribution in [0, 0.1) is 19.3 Å². The number of aryl methyl sites for hydroxylation is 1. The van der Waals surface area contributed by atoms with E-state index in [1.54, 1.807) is 40.1 Å². The molecular formula is C48H58N4O8. The van der Waals surface area contributed by atoms with Crippen molar-refractivity contribution in [1.29, 1.82) is 0 Å². The first-order valence-corrected chi connectivity index (χ1v) is 21.1. The third-order valence-corrected chi connectivity index (χ3v) is 12.0. The zero-order chi connectivity index (χ0) is 43.2. The van der Waals surface area contributed by atoms with Crippen LogP contribution < -0.4 is 10.6 Å². The Hall–Kier alpha value is -5.30. The maximum absolute atomic E-state index is 13.8. The van der Waals surface area contributed by atoms with Gasteiger partial charge in [-0.3, -0.25) is 29.7 Å². The number of carbonyl (C=O) groups is 4. The minimum absolute atomic E-state index is 0.105. The highest BCUT2D eigenvalue weighted by molar-refractivity contribution is 6.04. The van der Waals surface area contributed by atoms with Crippen LogP contribution in [0.2, 0.25) is 0 Å². The number of aliphatic hydroxyl groups is 2. The molecule has 1 amide bonds. The second-order valence-electron chi connectivity index (χ2n) is 16.7. The summed E-state index contributed by atoms with van der Waals surface area (Å²) in [6.07, 6.45) is 8.55. The van der Waals surface area contributed by atoms with E-state index in [1.807, 2.05) is 62.4 Å². The lowest BCUT2D eigenvalue weighted by atomic mass is 9.84. The Balaban J connectivity index is 1.16. The molecule has 12 heteroatoms. The van der Waals surface area contributed by atoms with Crippen molar-refractivity contribution >= 4 is 29.3 Å². The Morgan fingerprint density at radius 2 is 1.33 bits per heavy atom. The van der Waals surface area contributed by atoms with E-state index >= 15 is 0 Å². The van der Waals surface area contributed by atoms with Crippen LogP contribution >= 0.6 is 0 Å². The quantitative estimate of drug-likeness (QED) is 0.0529. The molecule has 2 heterocycles. The minimum Gasteiger partial charge on any atom is -0.466 e. The second-order valence-corrected chi connectivity index (χ2v) is 16.7. The van der Waals surface area contributed by atoms with E-state index in [1.165, 1.54) is 0 Å². The van der Waals surface area contributed by atoms with Crippen molar-refractivity contribution in [2.24, 2.45) is 5.41 Å². The first-order valence-electron chi connectivity index (χ1n) is 21.1. The van der Waals surface area contributed by atoms with Crippen molar-refractivity contribution in [3.05, 3.63) is 111 Å². The Bertz CT molecular complexity index is 2090. The number of esters is 2. The number of aromatic nitrogens is 2. The highest BCUT2D eigenvalue weighted by Crippen LogP contribution is 2.43. The van der Waals surface area contributed by atoms with Gasteiger partial charge in [-0.2, -0.15) is 0 Å². The number of amides is 1. The number of carbonyl (C=O) groups excluding carboxylic acids is 4. The molecule has 2 atom stereocenters. The van der Waals surface area contributed by atoms with Crippen LogP contribution in [-0.2, 0) is 38.4 Å². The lowest BCUT2D eigenvalue weighted by molar-refractivity contribution is -0.157. The van der Waals surface area contributed by atoms with E-state index < -0.39 is 29.5 Å². The number of ketones is 1. The van der Waals surface area contributed by atoms with E-state index in [-0.39, 0.29) is 37.9 Å². The van der Waals surface area contributed by atoms with Gasteiger partial charge in [0, 0.05) is 31.0 Å². The number of hydrogen-bond acceptors (Lipinski definition) is 11. The van der Waals surface area contributed by atoms with Crippen LogP contribution in [0.4, 0.5) is 5.69 Å². The molecule has 0 spiro atoms. The van der Waals surface area contributed by atoms with Crippen molar-refractivity contribution in [3.8, 4) is 11.1 Å². The van der Waals surface area contributed by atoms with Gasteiger partial charge in [-0.1, -0.05) is 30.3 Å². The standard InChI is InChI=1S/C48H58N4O8/c1-7-59-45(57)47(5,27-53)20-19-34-24-50-42(23-38(34)31-15-16-31)44(56)52-40-14-10-13-37(30(40)4)36-12-9-11-33(29(36)3)21-43(55)41-22-39(32-17-18-32)35(25-49-41)26-51-48(6,28-54)46(58)60-8-2/h9-14,22-25,31-32,51,53-54H,7-8,15-21,26-28H2,1-6H3,(H,52,56)/t47-,48-/m0/s1.